The van der Waals surface area contributed by atoms with E-state index in [1.807, 2.05) is 31.2 Å². The molecule has 2 aliphatic carbocycles. The first-order valence-electron chi connectivity index (χ1n) is 19.2. The summed E-state index contributed by atoms with van der Waals surface area (Å²) in [5, 5.41) is 0. The van der Waals surface area contributed by atoms with Gasteiger partial charge in [0.25, 0.3) is 0 Å². The van der Waals surface area contributed by atoms with Crippen molar-refractivity contribution >= 4 is 17.9 Å². The second kappa shape index (κ2) is 21.2. The number of carbonyl (C=O) groups is 3. The second-order valence-corrected chi connectivity index (χ2v) is 14.2. The predicted octanol–water partition coefficient (Wildman–Crippen LogP) is 10.0. The minimum Gasteiger partial charge on any atom is -0.463 e. The maximum absolute atomic E-state index is 13.6. The predicted molar refractivity (Wildman–Crippen MR) is 202 cm³/mol. The lowest BCUT2D eigenvalue weighted by Crippen LogP contribution is -2.39. The van der Waals surface area contributed by atoms with Gasteiger partial charge in [-0.3, -0.25) is 0 Å². The number of carbonyl (C=O) groups excluding carboxylic acids is 3. The summed E-state index contributed by atoms with van der Waals surface area (Å²) in [7, 11) is 0. The van der Waals surface area contributed by atoms with Crippen LogP contribution in [0.4, 0.5) is 0 Å². The molecule has 4 rings (SSSR count). The van der Waals surface area contributed by atoms with Crippen LogP contribution in [0, 0.1) is 41.4 Å². The monoisotopic (exact) mass is 692 g/mol. The molecule has 2 aromatic rings. The lowest BCUT2D eigenvalue weighted by molar-refractivity contribution is -0.137. The van der Waals surface area contributed by atoms with E-state index in [0.717, 1.165) is 74.0 Å². The number of unbranched alkanes of at least 4 members (excludes halogenated alkanes) is 5. The van der Waals surface area contributed by atoms with Crippen molar-refractivity contribution in [3.8, 4) is 23.7 Å². The molecule has 2 fully saturated rings. The summed E-state index contributed by atoms with van der Waals surface area (Å²) in [6.07, 6.45) is 18.5. The first kappa shape index (κ1) is 39.5. The molecule has 0 spiro atoms. The van der Waals surface area contributed by atoms with Crippen molar-refractivity contribution in [1.29, 1.82) is 0 Å². The van der Waals surface area contributed by atoms with Crippen molar-refractivity contribution in [2.24, 2.45) is 17.8 Å². The standard InChI is InChI=1S/C45H56O6/c1-4-7-10-14-36-19-21-38(22-20-36)39-28-31-45(32-29-39,30-27-37-17-15-35(13-5-2)16-18-37)51-44(48)41-25-23-40(24-26-41)43(47)50-34-12-9-8-11-33-49-42(46)6-3/h6,15-18,23-26,36,38-39H,3-4,7-12,14,19-22,28-29,31-34H2,1-2H3. The highest BCUT2D eigenvalue weighted by Crippen LogP contribution is 2.44. The average molecular weight is 693 g/mol. The average Bonchev–Trinajstić information content (AvgIpc) is 3.16. The Morgan fingerprint density at radius 2 is 1.29 bits per heavy atom. The van der Waals surface area contributed by atoms with E-state index in [1.54, 1.807) is 24.3 Å². The van der Waals surface area contributed by atoms with Crippen LogP contribution in [0.1, 0.15) is 148 Å². The molecule has 2 saturated carbocycles. The van der Waals surface area contributed by atoms with Gasteiger partial charge in [-0.2, -0.15) is 0 Å². The van der Waals surface area contributed by atoms with E-state index in [1.165, 1.54) is 51.4 Å². The molecule has 2 aromatic carbocycles. The Kier molecular flexibility index (Phi) is 16.4. The third kappa shape index (κ3) is 13.1. The molecule has 272 valence electrons. The molecule has 0 aromatic heterocycles. The molecule has 0 aliphatic heterocycles. The molecule has 0 radical (unpaired) electrons. The fraction of sp³-hybridized carbons (Fsp3) is 0.533. The quantitative estimate of drug-likeness (QED) is 0.0573. The van der Waals surface area contributed by atoms with Gasteiger partial charge in [0.1, 0.15) is 0 Å². The Balaban J connectivity index is 1.33. The van der Waals surface area contributed by atoms with E-state index in [0.29, 0.717) is 36.7 Å². The Hall–Kier alpha value is -4.29. The zero-order chi connectivity index (χ0) is 36.3. The topological polar surface area (TPSA) is 78.9 Å². The molecule has 6 nitrogen and oxygen atoms in total. The first-order valence-corrected chi connectivity index (χ1v) is 19.2. The van der Waals surface area contributed by atoms with E-state index in [4.69, 9.17) is 14.2 Å². The highest BCUT2D eigenvalue weighted by Gasteiger charge is 2.40. The Bertz CT molecular complexity index is 1530. The third-order valence-corrected chi connectivity index (χ3v) is 10.5. The largest absolute Gasteiger partial charge is 0.463 e. The van der Waals surface area contributed by atoms with Crippen molar-refractivity contribution in [1.82, 2.24) is 0 Å². The SMILES string of the molecule is C=CC(=O)OCCCCCCOC(=O)c1ccc(C(=O)OC2(C#Cc3ccc(C#CC)cc3)CCC(C3CCC(CCCCC)CC3)CC2)cc1. The van der Waals surface area contributed by atoms with Crippen molar-refractivity contribution in [2.75, 3.05) is 13.2 Å². The van der Waals surface area contributed by atoms with Crippen LogP contribution in [0.25, 0.3) is 0 Å². The van der Waals surface area contributed by atoms with Gasteiger partial charge in [0.05, 0.1) is 24.3 Å². The Labute approximate surface area is 306 Å². The Morgan fingerprint density at radius 3 is 1.88 bits per heavy atom. The van der Waals surface area contributed by atoms with Crippen LogP contribution in [0.5, 0.6) is 0 Å². The first-order chi connectivity index (χ1) is 24.8. The summed E-state index contributed by atoms with van der Waals surface area (Å²) in [4.78, 5) is 37.3. The van der Waals surface area contributed by atoms with Gasteiger partial charge < -0.3 is 14.2 Å². The van der Waals surface area contributed by atoms with Crippen molar-refractivity contribution in [3.63, 3.8) is 0 Å². The number of esters is 3. The normalized spacial score (nSPS) is 21.2. The minimum atomic E-state index is -0.863. The Morgan fingerprint density at radius 1 is 0.725 bits per heavy atom. The number of hydrogen-bond acceptors (Lipinski definition) is 6. The zero-order valence-corrected chi connectivity index (χ0v) is 30.8. The van der Waals surface area contributed by atoms with Gasteiger partial charge in [-0.1, -0.05) is 63.9 Å². The van der Waals surface area contributed by atoms with Crippen LogP contribution in [0.3, 0.4) is 0 Å². The van der Waals surface area contributed by atoms with E-state index < -0.39 is 23.5 Å². The molecule has 0 amide bonds. The number of benzene rings is 2. The van der Waals surface area contributed by atoms with Crippen molar-refractivity contribution in [3.05, 3.63) is 83.4 Å². The molecule has 51 heavy (non-hydrogen) atoms. The van der Waals surface area contributed by atoms with Crippen LogP contribution in [0.15, 0.2) is 61.2 Å². The molecule has 0 bridgehead atoms. The van der Waals surface area contributed by atoms with Gasteiger partial charge in [0.2, 0.25) is 0 Å². The van der Waals surface area contributed by atoms with Gasteiger partial charge >= 0.3 is 17.9 Å². The van der Waals surface area contributed by atoms with Gasteiger partial charge in [-0.05, 0) is 143 Å². The molecule has 0 saturated heterocycles. The summed E-state index contributed by atoms with van der Waals surface area (Å²) >= 11 is 0. The summed E-state index contributed by atoms with van der Waals surface area (Å²) < 4.78 is 16.7. The zero-order valence-electron chi connectivity index (χ0n) is 30.8. The van der Waals surface area contributed by atoms with Gasteiger partial charge in [-0.25, -0.2) is 14.4 Å². The number of ether oxygens (including phenoxy) is 3. The fourth-order valence-electron chi connectivity index (χ4n) is 7.45. The fourth-order valence-corrected chi connectivity index (χ4v) is 7.45. The van der Waals surface area contributed by atoms with Crippen LogP contribution in [0.2, 0.25) is 0 Å². The molecule has 0 atom stereocenters. The van der Waals surface area contributed by atoms with Crippen molar-refractivity contribution < 1.29 is 28.6 Å². The van der Waals surface area contributed by atoms with Gasteiger partial charge in [0, 0.05) is 17.2 Å². The van der Waals surface area contributed by atoms with E-state index in [-0.39, 0.29) is 0 Å². The van der Waals surface area contributed by atoms with Crippen LogP contribution < -0.4 is 0 Å². The molecule has 0 N–H and O–H groups in total. The highest BCUT2D eigenvalue weighted by molar-refractivity contribution is 5.93. The molecule has 0 unspecified atom stereocenters. The van der Waals surface area contributed by atoms with E-state index >= 15 is 0 Å². The van der Waals surface area contributed by atoms with Crippen LogP contribution in [-0.4, -0.2) is 36.7 Å². The molecular formula is C45H56O6. The summed E-state index contributed by atoms with van der Waals surface area (Å²) in [5.74, 6) is 13.7. The van der Waals surface area contributed by atoms with Crippen LogP contribution in [-0.2, 0) is 19.0 Å². The molecule has 0 heterocycles. The second-order valence-electron chi connectivity index (χ2n) is 14.2. The van der Waals surface area contributed by atoms with Crippen molar-refractivity contribution in [2.45, 2.75) is 122 Å². The lowest BCUT2D eigenvalue weighted by atomic mass is 9.67. The summed E-state index contributed by atoms with van der Waals surface area (Å²) in [6, 6.07) is 14.3. The maximum atomic E-state index is 13.6. The third-order valence-electron chi connectivity index (χ3n) is 10.5. The number of rotatable bonds is 16. The minimum absolute atomic E-state index is 0.298. The number of hydrogen-bond donors (Lipinski definition) is 0. The lowest BCUT2D eigenvalue weighted by Gasteiger charge is -2.41. The van der Waals surface area contributed by atoms with Gasteiger partial charge in [0.15, 0.2) is 5.60 Å². The van der Waals surface area contributed by atoms with Crippen LogP contribution >= 0.6 is 0 Å². The molecular weight excluding hydrogens is 636 g/mol. The molecule has 2 aliphatic rings. The smallest absolute Gasteiger partial charge is 0.339 e. The van der Waals surface area contributed by atoms with E-state index in [2.05, 4.69) is 37.2 Å². The van der Waals surface area contributed by atoms with Gasteiger partial charge in [-0.15, -0.1) is 5.92 Å². The maximum Gasteiger partial charge on any atom is 0.339 e. The van der Waals surface area contributed by atoms with E-state index in [9.17, 15) is 14.4 Å². The summed E-state index contributed by atoms with van der Waals surface area (Å²) in [5.41, 5.74) is 1.72. The molecule has 6 heteroatoms. The summed E-state index contributed by atoms with van der Waals surface area (Å²) in [6.45, 7) is 8.13. The highest BCUT2D eigenvalue weighted by atomic mass is 16.6.